The number of amides is 1. The van der Waals surface area contributed by atoms with Crippen molar-refractivity contribution in [2.75, 3.05) is 19.0 Å². The highest BCUT2D eigenvalue weighted by Crippen LogP contribution is 2.25. The summed E-state index contributed by atoms with van der Waals surface area (Å²) < 4.78 is 32.0. The molecule has 2 aromatic rings. The van der Waals surface area contributed by atoms with Crippen molar-refractivity contribution >= 4 is 21.6 Å². The number of rotatable bonds is 6. The zero-order valence-corrected chi connectivity index (χ0v) is 14.6. The summed E-state index contributed by atoms with van der Waals surface area (Å²) in [6, 6.07) is 12.5. The van der Waals surface area contributed by atoms with E-state index in [0.717, 1.165) is 0 Å². The first kappa shape index (κ1) is 18.4. The largest absolute Gasteiger partial charge is 0.495 e. The van der Waals surface area contributed by atoms with Crippen LogP contribution in [-0.4, -0.2) is 28.0 Å². The molecule has 2 N–H and O–H groups in total. The summed E-state index contributed by atoms with van der Waals surface area (Å²) in [5, 5.41) is 11.5. The summed E-state index contributed by atoms with van der Waals surface area (Å²) in [5.74, 6) is -0.352. The van der Waals surface area contributed by atoms with E-state index in [-0.39, 0.29) is 22.8 Å². The van der Waals surface area contributed by atoms with Gasteiger partial charge in [0.1, 0.15) is 10.6 Å². The molecule has 7 nitrogen and oxygen atoms in total. The van der Waals surface area contributed by atoms with Gasteiger partial charge in [-0.3, -0.25) is 4.79 Å². The molecule has 2 aromatic carbocycles. The lowest BCUT2D eigenvalue weighted by Crippen LogP contribution is -2.24. The molecule has 0 aromatic heterocycles. The molecule has 0 saturated heterocycles. The molecule has 0 saturated carbocycles. The van der Waals surface area contributed by atoms with Crippen LogP contribution >= 0.6 is 0 Å². The van der Waals surface area contributed by atoms with Crippen LogP contribution in [0.5, 0.6) is 5.75 Å². The molecule has 8 heteroatoms. The van der Waals surface area contributed by atoms with Crippen LogP contribution in [0.3, 0.4) is 0 Å². The van der Waals surface area contributed by atoms with Crippen LogP contribution in [0.15, 0.2) is 47.4 Å². The first-order valence-corrected chi connectivity index (χ1v) is 8.88. The number of nitriles is 1. The number of hydrogen-bond acceptors (Lipinski definition) is 5. The smallest absolute Gasteiger partial charge is 0.255 e. The molecule has 2 rings (SSSR count). The number of nitrogens with one attached hydrogen (secondary N) is 2. The van der Waals surface area contributed by atoms with E-state index in [1.54, 1.807) is 25.1 Å². The van der Waals surface area contributed by atoms with Gasteiger partial charge in [-0.1, -0.05) is 13.0 Å². The van der Waals surface area contributed by atoms with Crippen LogP contribution in [0.2, 0.25) is 0 Å². The predicted octanol–water partition coefficient (Wildman–Crippen LogP) is 2.12. The van der Waals surface area contributed by atoms with E-state index >= 15 is 0 Å². The molecule has 1 amide bonds. The van der Waals surface area contributed by atoms with Crippen molar-refractivity contribution in [2.45, 2.75) is 11.8 Å². The fourth-order valence-electron chi connectivity index (χ4n) is 2.17. The second-order valence-corrected chi connectivity index (χ2v) is 6.75. The van der Waals surface area contributed by atoms with Crippen molar-refractivity contribution in [1.82, 2.24) is 4.72 Å². The van der Waals surface area contributed by atoms with Crippen LogP contribution in [0.1, 0.15) is 22.8 Å². The monoisotopic (exact) mass is 359 g/mol. The Morgan fingerprint density at radius 1 is 1.24 bits per heavy atom. The van der Waals surface area contributed by atoms with Gasteiger partial charge in [0.05, 0.1) is 18.7 Å². The molecular weight excluding hydrogens is 342 g/mol. The van der Waals surface area contributed by atoms with Gasteiger partial charge in [0.15, 0.2) is 0 Å². The molecule has 0 spiro atoms. The number of carbonyl (C=O) groups excluding carboxylic acids is 1. The van der Waals surface area contributed by atoms with Gasteiger partial charge >= 0.3 is 0 Å². The third-order valence-electron chi connectivity index (χ3n) is 3.30. The summed E-state index contributed by atoms with van der Waals surface area (Å²) in [6.45, 7) is 1.87. The number of methoxy groups -OCH3 is 1. The Labute approximate surface area is 146 Å². The minimum Gasteiger partial charge on any atom is -0.495 e. The van der Waals surface area contributed by atoms with Crippen molar-refractivity contribution in [3.8, 4) is 11.8 Å². The van der Waals surface area contributed by atoms with E-state index in [1.807, 2.05) is 6.07 Å². The van der Waals surface area contributed by atoms with E-state index in [1.165, 1.54) is 31.4 Å². The number of hydrogen-bond donors (Lipinski definition) is 2. The summed E-state index contributed by atoms with van der Waals surface area (Å²) in [6.07, 6.45) is 0. The lowest BCUT2D eigenvalue weighted by molar-refractivity contribution is 0.102. The maximum Gasteiger partial charge on any atom is 0.255 e. The van der Waals surface area contributed by atoms with Gasteiger partial charge in [-0.05, 0) is 36.4 Å². The summed E-state index contributed by atoms with van der Waals surface area (Å²) in [7, 11) is -2.44. The Balaban J connectivity index is 2.36. The predicted molar refractivity (Wildman–Crippen MR) is 93.0 cm³/mol. The normalized spacial score (nSPS) is 10.8. The van der Waals surface area contributed by atoms with E-state index in [0.29, 0.717) is 11.3 Å². The molecular formula is C17H17N3O4S. The van der Waals surface area contributed by atoms with E-state index in [9.17, 15) is 13.2 Å². The van der Waals surface area contributed by atoms with Crippen LogP contribution in [0, 0.1) is 11.3 Å². The Bertz CT molecular complexity index is 933. The second-order valence-electron chi connectivity index (χ2n) is 5.01. The first-order chi connectivity index (χ1) is 11.9. The SMILES string of the molecule is CCNS(=O)(=O)c1cc(C(=O)Nc2cccc(C#N)c2)ccc1OC. The topological polar surface area (TPSA) is 108 Å². The number of benzene rings is 2. The lowest BCUT2D eigenvalue weighted by Gasteiger charge is -2.12. The van der Waals surface area contributed by atoms with Gasteiger partial charge in [-0.25, -0.2) is 13.1 Å². The van der Waals surface area contributed by atoms with Crippen LogP contribution < -0.4 is 14.8 Å². The molecule has 0 radical (unpaired) electrons. The molecule has 0 aliphatic rings. The summed E-state index contributed by atoms with van der Waals surface area (Å²) >= 11 is 0. The Morgan fingerprint density at radius 2 is 2.00 bits per heavy atom. The quantitative estimate of drug-likeness (QED) is 0.821. The van der Waals surface area contributed by atoms with Crippen LogP contribution in [-0.2, 0) is 10.0 Å². The maximum atomic E-state index is 12.4. The third-order valence-corrected chi connectivity index (χ3v) is 4.87. The molecule has 0 bridgehead atoms. The minimum absolute atomic E-state index is 0.115. The Hall–Kier alpha value is -2.89. The number of carbonyl (C=O) groups is 1. The maximum absolute atomic E-state index is 12.4. The molecule has 0 aliphatic heterocycles. The lowest BCUT2D eigenvalue weighted by atomic mass is 10.2. The van der Waals surface area contributed by atoms with Crippen LogP contribution in [0.25, 0.3) is 0 Å². The molecule has 0 fully saturated rings. The molecule has 0 aliphatic carbocycles. The second kappa shape index (κ2) is 7.79. The fourth-order valence-corrected chi connectivity index (χ4v) is 3.40. The van der Waals surface area contributed by atoms with Crippen molar-refractivity contribution in [3.63, 3.8) is 0 Å². The number of ether oxygens (including phenoxy) is 1. The Morgan fingerprint density at radius 3 is 2.64 bits per heavy atom. The molecule has 0 heterocycles. The number of sulfonamides is 1. The first-order valence-electron chi connectivity index (χ1n) is 7.40. The van der Waals surface area contributed by atoms with Crippen LogP contribution in [0.4, 0.5) is 5.69 Å². The molecule has 0 unspecified atom stereocenters. The molecule has 0 atom stereocenters. The number of anilines is 1. The van der Waals surface area contributed by atoms with Crippen molar-refractivity contribution in [3.05, 3.63) is 53.6 Å². The van der Waals surface area contributed by atoms with E-state index in [4.69, 9.17) is 10.00 Å². The van der Waals surface area contributed by atoms with Crippen molar-refractivity contribution in [2.24, 2.45) is 0 Å². The van der Waals surface area contributed by atoms with E-state index in [2.05, 4.69) is 10.0 Å². The average Bonchev–Trinajstić information content (AvgIpc) is 2.61. The molecule has 130 valence electrons. The van der Waals surface area contributed by atoms with Gasteiger partial charge in [-0.15, -0.1) is 0 Å². The average molecular weight is 359 g/mol. The number of nitrogens with zero attached hydrogens (tertiary/aromatic N) is 1. The van der Waals surface area contributed by atoms with E-state index < -0.39 is 15.9 Å². The highest BCUT2D eigenvalue weighted by atomic mass is 32.2. The van der Waals surface area contributed by atoms with Gasteiger partial charge in [0, 0.05) is 17.8 Å². The highest BCUT2D eigenvalue weighted by molar-refractivity contribution is 7.89. The van der Waals surface area contributed by atoms with Crippen molar-refractivity contribution in [1.29, 1.82) is 5.26 Å². The van der Waals surface area contributed by atoms with Gasteiger partial charge in [0.25, 0.3) is 5.91 Å². The zero-order valence-electron chi connectivity index (χ0n) is 13.7. The van der Waals surface area contributed by atoms with Gasteiger partial charge in [0.2, 0.25) is 10.0 Å². The highest BCUT2D eigenvalue weighted by Gasteiger charge is 2.21. The molecule has 25 heavy (non-hydrogen) atoms. The Kier molecular flexibility index (Phi) is 5.75. The zero-order chi connectivity index (χ0) is 18.4. The standard InChI is InChI=1S/C17H17N3O4S/c1-3-19-25(22,23)16-10-13(7-8-15(16)24-2)17(21)20-14-6-4-5-12(9-14)11-18/h4-10,19H,3H2,1-2H3,(H,20,21). The van der Waals surface area contributed by atoms with Gasteiger partial charge < -0.3 is 10.1 Å². The van der Waals surface area contributed by atoms with Crippen molar-refractivity contribution < 1.29 is 17.9 Å². The summed E-state index contributed by atoms with van der Waals surface area (Å²) in [4.78, 5) is 12.3. The third kappa shape index (κ3) is 4.35. The minimum atomic E-state index is -3.79. The van der Waals surface area contributed by atoms with Gasteiger partial charge in [-0.2, -0.15) is 5.26 Å². The summed E-state index contributed by atoms with van der Waals surface area (Å²) in [5.41, 5.74) is 0.999. The fraction of sp³-hybridized carbons (Fsp3) is 0.176.